The van der Waals surface area contributed by atoms with Gasteiger partial charge in [0.2, 0.25) is 0 Å². The maximum Gasteiger partial charge on any atom is 0.410 e. The molecule has 160 valence electrons. The van der Waals surface area contributed by atoms with E-state index >= 15 is 0 Å². The van der Waals surface area contributed by atoms with Crippen LogP contribution in [0.1, 0.15) is 42.9 Å². The minimum atomic E-state index is -0.838. The van der Waals surface area contributed by atoms with Crippen LogP contribution in [0.5, 0.6) is 0 Å². The summed E-state index contributed by atoms with van der Waals surface area (Å²) in [5.41, 5.74) is 2.07. The molecule has 4 aliphatic heterocycles. The quantitative estimate of drug-likeness (QED) is 0.703. The van der Waals surface area contributed by atoms with Gasteiger partial charge in [-0.25, -0.2) is 13.6 Å². The van der Waals surface area contributed by atoms with Crippen molar-refractivity contribution in [1.29, 1.82) is 0 Å². The first-order chi connectivity index (χ1) is 14.6. The van der Waals surface area contributed by atoms with Crippen molar-refractivity contribution >= 4 is 6.09 Å². The largest absolute Gasteiger partial charge is 0.449 e. The molecular weight excluding hydrogens is 386 g/mol. The van der Waals surface area contributed by atoms with E-state index < -0.39 is 29.7 Å². The fraction of sp³-hybridized carbons (Fsp3) is 0.542. The third-order valence-corrected chi connectivity index (χ3v) is 7.53. The molecule has 3 saturated heterocycles. The van der Waals surface area contributed by atoms with Crippen LogP contribution in [-0.4, -0.2) is 48.7 Å². The van der Waals surface area contributed by atoms with Crippen LogP contribution < -0.4 is 0 Å². The summed E-state index contributed by atoms with van der Waals surface area (Å²) < 4.78 is 34.7. The van der Waals surface area contributed by atoms with E-state index in [9.17, 15) is 13.6 Å². The number of halogens is 2. The van der Waals surface area contributed by atoms with E-state index in [1.54, 1.807) is 11.0 Å². The highest BCUT2D eigenvalue weighted by molar-refractivity contribution is 5.69. The Balaban J connectivity index is 1.39. The van der Waals surface area contributed by atoms with Crippen LogP contribution >= 0.6 is 0 Å². The zero-order valence-corrected chi connectivity index (χ0v) is 17.2. The monoisotopic (exact) mass is 414 g/mol. The van der Waals surface area contributed by atoms with Crippen LogP contribution in [0.25, 0.3) is 0 Å². The molecule has 1 aromatic carbocycles. The molecule has 6 heteroatoms. The van der Waals surface area contributed by atoms with Gasteiger partial charge in [0.1, 0.15) is 5.83 Å². The number of carbonyl (C=O) groups excluding carboxylic acids is 1. The molecule has 30 heavy (non-hydrogen) atoms. The maximum absolute atomic E-state index is 14.8. The highest BCUT2D eigenvalue weighted by Crippen LogP contribution is 2.44. The van der Waals surface area contributed by atoms with Gasteiger partial charge in [-0.2, -0.15) is 0 Å². The molecule has 2 bridgehead atoms. The van der Waals surface area contributed by atoms with Crippen LogP contribution in [0.2, 0.25) is 0 Å². The second-order valence-electron chi connectivity index (χ2n) is 9.17. The Morgan fingerprint density at radius 2 is 1.83 bits per heavy atom. The van der Waals surface area contributed by atoms with E-state index in [4.69, 9.17) is 4.74 Å². The lowest BCUT2D eigenvalue weighted by atomic mass is 9.73. The summed E-state index contributed by atoms with van der Waals surface area (Å²) >= 11 is 0. The number of piperidine rings is 3. The molecule has 4 heterocycles. The molecule has 6 rings (SSSR count). The van der Waals surface area contributed by atoms with Crippen molar-refractivity contribution in [3.8, 4) is 0 Å². The summed E-state index contributed by atoms with van der Waals surface area (Å²) in [6.45, 7) is 4.08. The van der Waals surface area contributed by atoms with Crippen LogP contribution in [-0.2, 0) is 11.2 Å². The number of nitrogens with zero attached hydrogens (tertiary/aromatic N) is 2. The van der Waals surface area contributed by atoms with Crippen LogP contribution in [0.15, 0.2) is 48.1 Å². The standard InChI is InChI=1S/C24H28F2N2O2/c25-20-7-3-6-19(21(20)26)22-18-5-2-1-4-17(18)8-12-28(22)23(29)30-16-24-9-13-27(14-10-24)15-11-24/h1-5,7,19,22H,6,8-16H2/t19?,22-/m0/s1. The van der Waals surface area contributed by atoms with E-state index in [0.717, 1.165) is 50.0 Å². The molecule has 0 N–H and O–H groups in total. The molecule has 5 aliphatic rings. The number of rotatable bonds is 3. The Morgan fingerprint density at radius 3 is 2.60 bits per heavy atom. The van der Waals surface area contributed by atoms with Crippen LogP contribution in [0.4, 0.5) is 13.6 Å². The summed E-state index contributed by atoms with van der Waals surface area (Å²) in [5.74, 6) is -2.33. The van der Waals surface area contributed by atoms with Gasteiger partial charge in [-0.05, 0) is 68.9 Å². The second-order valence-corrected chi connectivity index (χ2v) is 9.17. The minimum absolute atomic E-state index is 0.0818. The first-order valence-corrected chi connectivity index (χ1v) is 11.0. The van der Waals surface area contributed by atoms with Crippen molar-refractivity contribution in [3.05, 3.63) is 59.2 Å². The van der Waals surface area contributed by atoms with Crippen molar-refractivity contribution in [2.24, 2.45) is 11.3 Å². The number of amides is 1. The maximum atomic E-state index is 14.8. The summed E-state index contributed by atoms with van der Waals surface area (Å²) in [6, 6.07) is 7.23. The number of hydrogen-bond donors (Lipinski definition) is 0. The van der Waals surface area contributed by atoms with Crippen LogP contribution in [0, 0.1) is 11.3 Å². The predicted octanol–water partition coefficient (Wildman–Crippen LogP) is 4.94. The lowest BCUT2D eigenvalue weighted by molar-refractivity contribution is -0.0327. The molecule has 4 nitrogen and oxygen atoms in total. The summed E-state index contributed by atoms with van der Waals surface area (Å²) in [5, 5.41) is 0. The number of fused-ring (bicyclic) bond motifs is 4. The number of hydrogen-bond acceptors (Lipinski definition) is 3. The van der Waals surface area contributed by atoms with E-state index in [-0.39, 0.29) is 5.41 Å². The van der Waals surface area contributed by atoms with Gasteiger partial charge in [0.05, 0.1) is 12.6 Å². The molecular formula is C24H28F2N2O2. The lowest BCUT2D eigenvalue weighted by Crippen LogP contribution is -2.51. The Kier molecular flexibility index (Phi) is 5.13. The molecule has 1 aliphatic carbocycles. The number of ether oxygens (including phenoxy) is 1. The topological polar surface area (TPSA) is 32.8 Å². The van der Waals surface area contributed by atoms with Gasteiger partial charge in [0.25, 0.3) is 0 Å². The Labute approximate surface area is 176 Å². The molecule has 0 radical (unpaired) electrons. The molecule has 0 aromatic heterocycles. The Hall–Kier alpha value is -2.21. The Morgan fingerprint density at radius 1 is 1.10 bits per heavy atom. The third-order valence-electron chi connectivity index (χ3n) is 7.53. The van der Waals surface area contributed by atoms with Crippen molar-refractivity contribution in [2.45, 2.75) is 38.1 Å². The van der Waals surface area contributed by atoms with E-state index in [1.807, 2.05) is 24.3 Å². The number of benzene rings is 1. The van der Waals surface area contributed by atoms with Gasteiger partial charge >= 0.3 is 6.09 Å². The molecule has 3 fully saturated rings. The second kappa shape index (κ2) is 7.80. The lowest BCUT2D eigenvalue weighted by Gasteiger charge is -2.48. The molecule has 2 atom stereocenters. The van der Waals surface area contributed by atoms with Gasteiger partial charge in [0.15, 0.2) is 5.83 Å². The van der Waals surface area contributed by atoms with Crippen LogP contribution in [0.3, 0.4) is 0 Å². The molecule has 0 spiro atoms. The van der Waals surface area contributed by atoms with Crippen molar-refractivity contribution in [3.63, 3.8) is 0 Å². The van der Waals surface area contributed by atoms with Gasteiger partial charge in [-0.15, -0.1) is 0 Å². The van der Waals surface area contributed by atoms with Crippen molar-refractivity contribution in [1.82, 2.24) is 9.80 Å². The highest BCUT2D eigenvalue weighted by atomic mass is 19.2. The third kappa shape index (κ3) is 3.45. The zero-order chi connectivity index (χ0) is 20.7. The number of allylic oxidation sites excluding steroid dienone is 3. The van der Waals surface area contributed by atoms with E-state index in [1.165, 1.54) is 6.08 Å². The predicted molar refractivity (Wildman–Crippen MR) is 110 cm³/mol. The van der Waals surface area contributed by atoms with E-state index in [2.05, 4.69) is 4.90 Å². The first-order valence-electron chi connectivity index (χ1n) is 11.0. The minimum Gasteiger partial charge on any atom is -0.449 e. The Bertz CT molecular complexity index is 875. The molecule has 1 aromatic rings. The van der Waals surface area contributed by atoms with Gasteiger partial charge in [-0.1, -0.05) is 30.3 Å². The zero-order valence-electron chi connectivity index (χ0n) is 17.2. The number of carbonyl (C=O) groups is 1. The average molecular weight is 414 g/mol. The first kappa shape index (κ1) is 19.7. The normalized spacial score (nSPS) is 32.9. The molecule has 1 amide bonds. The smallest absolute Gasteiger partial charge is 0.410 e. The van der Waals surface area contributed by atoms with E-state index in [0.29, 0.717) is 26.0 Å². The van der Waals surface area contributed by atoms with Crippen molar-refractivity contribution in [2.75, 3.05) is 32.8 Å². The molecule has 1 unspecified atom stereocenters. The van der Waals surface area contributed by atoms with Gasteiger partial charge in [-0.3, -0.25) is 0 Å². The summed E-state index contributed by atoms with van der Waals surface area (Å²) in [6.07, 6.45) is 6.66. The fourth-order valence-electron chi connectivity index (χ4n) is 5.59. The average Bonchev–Trinajstić information content (AvgIpc) is 2.80. The fourth-order valence-corrected chi connectivity index (χ4v) is 5.59. The summed E-state index contributed by atoms with van der Waals surface area (Å²) in [7, 11) is 0. The van der Waals surface area contributed by atoms with Gasteiger partial charge in [0, 0.05) is 17.9 Å². The molecule has 0 saturated carbocycles. The van der Waals surface area contributed by atoms with Crippen molar-refractivity contribution < 1.29 is 18.3 Å². The van der Waals surface area contributed by atoms with Gasteiger partial charge < -0.3 is 14.5 Å². The highest BCUT2D eigenvalue weighted by Gasteiger charge is 2.43. The SMILES string of the molecule is O=C(OCC12CCN(CC1)CC2)N1CCc2ccccc2[C@H]1C1CC=CC(F)=C1F. The summed E-state index contributed by atoms with van der Waals surface area (Å²) in [4.78, 5) is 17.3.